The zero-order chi connectivity index (χ0) is 21.3. The van der Waals surface area contributed by atoms with E-state index in [-0.39, 0.29) is 0 Å². The van der Waals surface area contributed by atoms with Gasteiger partial charge in [-0.05, 0) is 18.8 Å². The number of unbranched alkanes of at least 4 members (excludes halogenated alkanes) is 20. The number of hydrogen-bond donors (Lipinski definition) is 1. The molecule has 0 unspecified atom stereocenters. The Hall–Kier alpha value is -0.0400. The van der Waals surface area contributed by atoms with Crippen molar-refractivity contribution in [2.45, 2.75) is 168 Å². The highest BCUT2D eigenvalue weighted by Crippen LogP contribution is 2.19. The summed E-state index contributed by atoms with van der Waals surface area (Å²) in [6, 6.07) is 0. The third-order valence-corrected chi connectivity index (χ3v) is 6.69. The second-order valence-corrected chi connectivity index (χ2v) is 9.70. The van der Waals surface area contributed by atoms with E-state index in [1.165, 1.54) is 154 Å². The summed E-state index contributed by atoms with van der Waals surface area (Å²) in [5.74, 6) is 0.576. The van der Waals surface area contributed by atoms with Crippen LogP contribution in [0.1, 0.15) is 168 Å². The van der Waals surface area contributed by atoms with E-state index in [9.17, 15) is 5.11 Å². The lowest BCUT2D eigenvalue weighted by Crippen LogP contribution is -2.06. The van der Waals surface area contributed by atoms with E-state index in [0.29, 0.717) is 12.5 Å². The van der Waals surface area contributed by atoms with Crippen LogP contribution in [0.3, 0.4) is 0 Å². The molecule has 0 aliphatic heterocycles. The molecule has 0 radical (unpaired) electrons. The predicted molar refractivity (Wildman–Crippen MR) is 133 cm³/mol. The first-order valence-electron chi connectivity index (χ1n) is 14.0. The summed E-state index contributed by atoms with van der Waals surface area (Å²) in [4.78, 5) is 0. The predicted octanol–water partition coefficient (Wildman–Crippen LogP) is 10.00. The monoisotopic (exact) mass is 410 g/mol. The number of aliphatic hydroxyl groups is 1. The smallest absolute Gasteiger partial charge is 0.0459 e. The molecule has 0 heterocycles. The van der Waals surface area contributed by atoms with Gasteiger partial charge in [0.1, 0.15) is 0 Å². The van der Waals surface area contributed by atoms with Crippen LogP contribution in [0.4, 0.5) is 0 Å². The van der Waals surface area contributed by atoms with Crippen molar-refractivity contribution in [1.82, 2.24) is 0 Å². The summed E-state index contributed by atoms with van der Waals surface area (Å²) in [6.07, 6.45) is 33.6. The van der Waals surface area contributed by atoms with Gasteiger partial charge in [0.25, 0.3) is 0 Å². The molecule has 176 valence electrons. The third-order valence-electron chi connectivity index (χ3n) is 6.69. The molecule has 1 N–H and O–H groups in total. The standard InChI is InChI=1S/C28H58O/c1-3-5-7-9-11-13-15-17-19-21-23-25-28(27-29)26-24-22-20-18-16-14-12-10-8-6-4-2/h28-29H,3-27H2,1-2H3. The van der Waals surface area contributed by atoms with E-state index in [2.05, 4.69) is 13.8 Å². The molecule has 0 spiro atoms. The molecule has 0 bridgehead atoms. The van der Waals surface area contributed by atoms with Crippen molar-refractivity contribution in [2.24, 2.45) is 5.92 Å². The minimum Gasteiger partial charge on any atom is -0.396 e. The van der Waals surface area contributed by atoms with Gasteiger partial charge < -0.3 is 5.11 Å². The second kappa shape index (κ2) is 26.0. The molecule has 0 amide bonds. The fraction of sp³-hybridized carbons (Fsp3) is 1.00. The van der Waals surface area contributed by atoms with Crippen LogP contribution in [0.2, 0.25) is 0 Å². The average molecular weight is 411 g/mol. The third kappa shape index (κ3) is 24.1. The summed E-state index contributed by atoms with van der Waals surface area (Å²) in [6.45, 7) is 4.99. The summed E-state index contributed by atoms with van der Waals surface area (Å²) in [5, 5.41) is 9.65. The highest BCUT2D eigenvalue weighted by atomic mass is 16.3. The minimum absolute atomic E-state index is 0.412. The summed E-state index contributed by atoms with van der Waals surface area (Å²) in [5.41, 5.74) is 0. The second-order valence-electron chi connectivity index (χ2n) is 9.70. The first-order chi connectivity index (χ1) is 14.3. The molecule has 0 saturated heterocycles. The van der Waals surface area contributed by atoms with Crippen molar-refractivity contribution in [3.8, 4) is 0 Å². The van der Waals surface area contributed by atoms with Gasteiger partial charge in [0, 0.05) is 6.61 Å². The van der Waals surface area contributed by atoms with E-state index in [1.807, 2.05) is 0 Å². The molecule has 1 nitrogen and oxygen atoms in total. The Kier molecular flexibility index (Phi) is 26.0. The first kappa shape index (κ1) is 29.0. The zero-order valence-corrected chi connectivity index (χ0v) is 20.7. The molecule has 0 fully saturated rings. The van der Waals surface area contributed by atoms with E-state index in [1.54, 1.807) is 0 Å². The molecule has 0 aliphatic rings. The van der Waals surface area contributed by atoms with Crippen LogP contribution in [-0.2, 0) is 0 Å². The Bertz CT molecular complexity index is 249. The van der Waals surface area contributed by atoms with Gasteiger partial charge in [0.2, 0.25) is 0 Å². The zero-order valence-electron chi connectivity index (χ0n) is 20.7. The van der Waals surface area contributed by atoms with Gasteiger partial charge >= 0.3 is 0 Å². The van der Waals surface area contributed by atoms with E-state index in [4.69, 9.17) is 0 Å². The number of rotatable bonds is 25. The fourth-order valence-electron chi connectivity index (χ4n) is 4.52. The van der Waals surface area contributed by atoms with Crippen LogP contribution in [-0.4, -0.2) is 11.7 Å². The van der Waals surface area contributed by atoms with Crippen molar-refractivity contribution in [3.05, 3.63) is 0 Å². The minimum atomic E-state index is 0.412. The van der Waals surface area contributed by atoms with Gasteiger partial charge in [-0.3, -0.25) is 0 Å². The fourth-order valence-corrected chi connectivity index (χ4v) is 4.52. The average Bonchev–Trinajstić information content (AvgIpc) is 2.74. The molecule has 0 aromatic carbocycles. The quantitative estimate of drug-likeness (QED) is 0.148. The first-order valence-corrected chi connectivity index (χ1v) is 14.0. The Morgan fingerprint density at radius 1 is 0.379 bits per heavy atom. The van der Waals surface area contributed by atoms with Gasteiger partial charge in [-0.2, -0.15) is 0 Å². The maximum atomic E-state index is 9.65. The van der Waals surface area contributed by atoms with Crippen LogP contribution in [0, 0.1) is 5.92 Å². The highest BCUT2D eigenvalue weighted by molar-refractivity contribution is 4.60. The summed E-state index contributed by atoms with van der Waals surface area (Å²) < 4.78 is 0. The number of aliphatic hydroxyl groups excluding tert-OH is 1. The number of hydrogen-bond acceptors (Lipinski definition) is 1. The van der Waals surface area contributed by atoms with Crippen LogP contribution in [0.25, 0.3) is 0 Å². The van der Waals surface area contributed by atoms with Crippen LogP contribution in [0.5, 0.6) is 0 Å². The largest absolute Gasteiger partial charge is 0.396 e. The SMILES string of the molecule is CCCCCCCCCCCCCC(CO)CCCCCCCCCCCCC. The molecule has 29 heavy (non-hydrogen) atoms. The summed E-state index contributed by atoms with van der Waals surface area (Å²) >= 11 is 0. The topological polar surface area (TPSA) is 20.2 Å². The van der Waals surface area contributed by atoms with Gasteiger partial charge in [-0.15, -0.1) is 0 Å². The van der Waals surface area contributed by atoms with Gasteiger partial charge in [0.05, 0.1) is 0 Å². The molecular formula is C28H58O. The normalized spacial score (nSPS) is 11.6. The van der Waals surface area contributed by atoms with Crippen LogP contribution < -0.4 is 0 Å². The van der Waals surface area contributed by atoms with E-state index in [0.717, 1.165) is 0 Å². The van der Waals surface area contributed by atoms with Crippen molar-refractivity contribution in [1.29, 1.82) is 0 Å². The van der Waals surface area contributed by atoms with Crippen molar-refractivity contribution in [3.63, 3.8) is 0 Å². The van der Waals surface area contributed by atoms with Gasteiger partial charge in [0.15, 0.2) is 0 Å². The molecule has 0 saturated carbocycles. The molecule has 0 atom stereocenters. The lowest BCUT2D eigenvalue weighted by atomic mass is 9.94. The van der Waals surface area contributed by atoms with E-state index >= 15 is 0 Å². The van der Waals surface area contributed by atoms with Crippen molar-refractivity contribution < 1.29 is 5.11 Å². The Morgan fingerprint density at radius 3 is 0.862 bits per heavy atom. The molecule has 0 aliphatic carbocycles. The van der Waals surface area contributed by atoms with Gasteiger partial charge in [-0.1, -0.05) is 155 Å². The van der Waals surface area contributed by atoms with Crippen LogP contribution in [0.15, 0.2) is 0 Å². The lowest BCUT2D eigenvalue weighted by molar-refractivity contribution is 0.204. The van der Waals surface area contributed by atoms with Crippen LogP contribution >= 0.6 is 0 Å². The molecular weight excluding hydrogens is 352 g/mol. The van der Waals surface area contributed by atoms with Gasteiger partial charge in [-0.25, -0.2) is 0 Å². The Labute approximate surface area is 185 Å². The molecule has 0 aromatic rings. The van der Waals surface area contributed by atoms with Crippen molar-refractivity contribution >= 4 is 0 Å². The lowest BCUT2D eigenvalue weighted by Gasteiger charge is -2.13. The molecule has 0 rings (SSSR count). The Morgan fingerprint density at radius 2 is 0.621 bits per heavy atom. The highest BCUT2D eigenvalue weighted by Gasteiger charge is 2.07. The summed E-state index contributed by atoms with van der Waals surface area (Å²) in [7, 11) is 0. The van der Waals surface area contributed by atoms with Crippen molar-refractivity contribution in [2.75, 3.05) is 6.61 Å². The maximum absolute atomic E-state index is 9.65. The molecule has 0 aromatic heterocycles. The Balaban J connectivity index is 3.27. The molecule has 1 heteroatoms. The maximum Gasteiger partial charge on any atom is 0.0459 e. The van der Waals surface area contributed by atoms with E-state index < -0.39 is 0 Å².